The van der Waals surface area contributed by atoms with Crippen molar-refractivity contribution in [1.82, 2.24) is 15.5 Å². The molecule has 0 radical (unpaired) electrons. The number of hydrogen-bond acceptors (Lipinski definition) is 3. The van der Waals surface area contributed by atoms with Crippen molar-refractivity contribution < 1.29 is 9.59 Å². The van der Waals surface area contributed by atoms with E-state index in [4.69, 9.17) is 0 Å². The van der Waals surface area contributed by atoms with Gasteiger partial charge in [0.25, 0.3) is 0 Å². The van der Waals surface area contributed by atoms with E-state index in [1.54, 1.807) is 0 Å². The van der Waals surface area contributed by atoms with E-state index in [1.165, 1.54) is 4.90 Å². The molecule has 1 unspecified atom stereocenters. The van der Waals surface area contributed by atoms with Gasteiger partial charge in [0.2, 0.25) is 5.91 Å². The molecule has 0 aliphatic carbocycles. The van der Waals surface area contributed by atoms with Crippen LogP contribution in [0.25, 0.3) is 0 Å². The van der Waals surface area contributed by atoms with Crippen LogP contribution in [-0.2, 0) is 4.79 Å². The van der Waals surface area contributed by atoms with E-state index in [0.29, 0.717) is 12.5 Å². The van der Waals surface area contributed by atoms with Gasteiger partial charge < -0.3 is 10.6 Å². The molecule has 0 saturated carbocycles. The molecule has 1 fully saturated rings. The molecular formula is C10H19N3O2. The van der Waals surface area contributed by atoms with Crippen molar-refractivity contribution in [1.29, 1.82) is 0 Å². The maximum Gasteiger partial charge on any atom is 0.324 e. The molecule has 2 N–H and O–H groups in total. The van der Waals surface area contributed by atoms with Crippen molar-refractivity contribution in [3.8, 4) is 0 Å². The summed E-state index contributed by atoms with van der Waals surface area (Å²) >= 11 is 0. The normalized spacial score (nSPS) is 18.1. The summed E-state index contributed by atoms with van der Waals surface area (Å²) in [6, 6.07) is -0.262. The fraction of sp³-hybridized carbons (Fsp3) is 0.800. The maximum atomic E-state index is 11.3. The van der Waals surface area contributed by atoms with Crippen molar-refractivity contribution in [3.05, 3.63) is 0 Å². The Balaban J connectivity index is 2.27. The van der Waals surface area contributed by atoms with Gasteiger partial charge in [-0.25, -0.2) is 4.79 Å². The molecule has 5 nitrogen and oxygen atoms in total. The smallest absolute Gasteiger partial charge is 0.324 e. The first kappa shape index (κ1) is 12.0. The van der Waals surface area contributed by atoms with Gasteiger partial charge in [-0.2, -0.15) is 0 Å². The lowest BCUT2D eigenvalue weighted by Gasteiger charge is -2.18. The molecule has 1 heterocycles. The largest absolute Gasteiger partial charge is 0.329 e. The first-order valence-electron chi connectivity index (χ1n) is 5.44. The lowest BCUT2D eigenvalue weighted by atomic mass is 10.1. The maximum absolute atomic E-state index is 11.3. The third-order valence-electron chi connectivity index (χ3n) is 2.35. The monoisotopic (exact) mass is 213 g/mol. The number of hydrogen-bond donors (Lipinski definition) is 2. The standard InChI is InChI=1S/C10H19N3O2/c1-3-4-11-5-8(2)7-13-9(14)6-12-10(13)15/h8,11H,3-7H2,1-2H3,(H,12,15). The predicted molar refractivity (Wildman–Crippen MR) is 57.4 cm³/mol. The summed E-state index contributed by atoms with van der Waals surface area (Å²) in [6.45, 7) is 6.60. The summed E-state index contributed by atoms with van der Waals surface area (Å²) in [5, 5.41) is 5.78. The minimum atomic E-state index is -0.262. The molecule has 1 rings (SSSR count). The molecule has 0 spiro atoms. The fourth-order valence-electron chi connectivity index (χ4n) is 1.54. The number of imide groups is 1. The lowest BCUT2D eigenvalue weighted by molar-refractivity contribution is -0.125. The average molecular weight is 213 g/mol. The Labute approximate surface area is 90.2 Å². The molecule has 1 aliphatic heterocycles. The minimum Gasteiger partial charge on any atom is -0.329 e. The van der Waals surface area contributed by atoms with Crippen LogP contribution in [0.15, 0.2) is 0 Å². The Hall–Kier alpha value is -1.10. The zero-order valence-corrected chi connectivity index (χ0v) is 9.38. The Kier molecular flexibility index (Phi) is 4.55. The van der Waals surface area contributed by atoms with Crippen LogP contribution in [0.5, 0.6) is 0 Å². The fourth-order valence-corrected chi connectivity index (χ4v) is 1.54. The third-order valence-corrected chi connectivity index (χ3v) is 2.35. The number of carbonyl (C=O) groups is 2. The molecule has 1 atom stereocenters. The third kappa shape index (κ3) is 3.51. The van der Waals surface area contributed by atoms with Gasteiger partial charge in [-0.3, -0.25) is 9.69 Å². The molecule has 1 saturated heterocycles. The van der Waals surface area contributed by atoms with Gasteiger partial charge in [0, 0.05) is 6.54 Å². The molecule has 86 valence electrons. The average Bonchev–Trinajstić information content (AvgIpc) is 2.50. The van der Waals surface area contributed by atoms with Gasteiger partial charge in [-0.1, -0.05) is 13.8 Å². The highest BCUT2D eigenvalue weighted by Crippen LogP contribution is 2.04. The van der Waals surface area contributed by atoms with Crippen LogP contribution in [0.3, 0.4) is 0 Å². The van der Waals surface area contributed by atoms with Crippen LogP contribution in [-0.4, -0.2) is 43.0 Å². The van der Waals surface area contributed by atoms with E-state index in [2.05, 4.69) is 17.6 Å². The van der Waals surface area contributed by atoms with Crippen molar-refractivity contribution in [3.63, 3.8) is 0 Å². The Morgan fingerprint density at radius 1 is 1.53 bits per heavy atom. The molecule has 15 heavy (non-hydrogen) atoms. The summed E-state index contributed by atoms with van der Waals surface area (Å²) in [4.78, 5) is 23.8. The number of amides is 3. The first-order chi connectivity index (χ1) is 7.15. The molecule has 5 heteroatoms. The number of nitrogens with one attached hydrogen (secondary N) is 2. The Bertz CT molecular complexity index is 227. The first-order valence-corrected chi connectivity index (χ1v) is 5.44. The van der Waals surface area contributed by atoms with Gasteiger partial charge in [-0.05, 0) is 25.4 Å². The van der Waals surface area contributed by atoms with Crippen molar-refractivity contribution in [2.24, 2.45) is 5.92 Å². The molecule has 1 aliphatic rings. The quantitative estimate of drug-likeness (QED) is 0.488. The van der Waals surface area contributed by atoms with E-state index in [1.807, 2.05) is 6.92 Å². The second kappa shape index (κ2) is 5.70. The van der Waals surface area contributed by atoms with Crippen molar-refractivity contribution in [2.75, 3.05) is 26.2 Å². The summed E-state index contributed by atoms with van der Waals surface area (Å²) in [6.07, 6.45) is 1.09. The van der Waals surface area contributed by atoms with Gasteiger partial charge in [0.1, 0.15) is 0 Å². The zero-order chi connectivity index (χ0) is 11.3. The van der Waals surface area contributed by atoms with Gasteiger partial charge in [-0.15, -0.1) is 0 Å². The Morgan fingerprint density at radius 2 is 2.27 bits per heavy atom. The van der Waals surface area contributed by atoms with E-state index < -0.39 is 0 Å². The van der Waals surface area contributed by atoms with Gasteiger partial charge >= 0.3 is 6.03 Å². The summed E-state index contributed by atoms with van der Waals surface area (Å²) < 4.78 is 0. The van der Waals surface area contributed by atoms with Crippen molar-refractivity contribution in [2.45, 2.75) is 20.3 Å². The van der Waals surface area contributed by atoms with E-state index in [-0.39, 0.29) is 18.5 Å². The molecular weight excluding hydrogens is 194 g/mol. The SMILES string of the molecule is CCCNCC(C)CN1C(=O)CNC1=O. The highest BCUT2D eigenvalue weighted by atomic mass is 16.2. The second-order valence-electron chi connectivity index (χ2n) is 3.97. The van der Waals surface area contributed by atoms with Gasteiger partial charge in [0.15, 0.2) is 0 Å². The van der Waals surface area contributed by atoms with Crippen LogP contribution < -0.4 is 10.6 Å². The van der Waals surface area contributed by atoms with Gasteiger partial charge in [0.05, 0.1) is 6.54 Å². The summed E-state index contributed by atoms with van der Waals surface area (Å²) in [5.74, 6) is 0.173. The van der Waals surface area contributed by atoms with Crippen LogP contribution in [0.4, 0.5) is 4.79 Å². The summed E-state index contributed by atoms with van der Waals surface area (Å²) in [7, 11) is 0. The van der Waals surface area contributed by atoms with E-state index >= 15 is 0 Å². The highest BCUT2D eigenvalue weighted by molar-refractivity contribution is 6.01. The summed E-state index contributed by atoms with van der Waals surface area (Å²) in [5.41, 5.74) is 0. The van der Waals surface area contributed by atoms with Crippen LogP contribution >= 0.6 is 0 Å². The van der Waals surface area contributed by atoms with Crippen molar-refractivity contribution >= 4 is 11.9 Å². The van der Waals surface area contributed by atoms with E-state index in [9.17, 15) is 9.59 Å². The lowest BCUT2D eigenvalue weighted by Crippen LogP contribution is -2.37. The molecule has 0 aromatic carbocycles. The molecule has 3 amide bonds. The van der Waals surface area contributed by atoms with Crippen LogP contribution in [0.1, 0.15) is 20.3 Å². The number of urea groups is 1. The molecule has 0 aromatic rings. The molecule has 0 bridgehead atoms. The van der Waals surface area contributed by atoms with Crippen LogP contribution in [0, 0.1) is 5.92 Å². The number of nitrogens with zero attached hydrogens (tertiary/aromatic N) is 1. The number of carbonyl (C=O) groups excluding carboxylic acids is 2. The van der Waals surface area contributed by atoms with Crippen LogP contribution in [0.2, 0.25) is 0 Å². The van der Waals surface area contributed by atoms with E-state index in [0.717, 1.165) is 19.5 Å². The highest BCUT2D eigenvalue weighted by Gasteiger charge is 2.29. The Morgan fingerprint density at radius 3 is 2.80 bits per heavy atom. The minimum absolute atomic E-state index is 0.123. The number of rotatable bonds is 6. The molecule has 0 aromatic heterocycles. The predicted octanol–water partition coefficient (Wildman–Crippen LogP) is 0.174. The topological polar surface area (TPSA) is 61.4 Å². The zero-order valence-electron chi connectivity index (χ0n) is 9.38. The second-order valence-corrected chi connectivity index (χ2v) is 3.97.